The first-order valence-electron chi connectivity index (χ1n) is 14.5. The average Bonchev–Trinajstić information content (AvgIpc) is 3.21. The first-order valence-corrected chi connectivity index (χ1v) is 21.5. The number of aliphatic imine (C=N–C) groups is 2. The van der Waals surface area contributed by atoms with E-state index in [4.69, 9.17) is 9.98 Å². The van der Waals surface area contributed by atoms with Crippen LogP contribution < -0.4 is 10.4 Å². The molecular weight excluding hydrogens is 513 g/mol. The predicted octanol–water partition coefficient (Wildman–Crippen LogP) is 7.24. The SMILES string of the molecule is CC(C)(C)c1cc([Si](C)(C)C)cc(C=NC2CCCC2N=Cc2cc([Si](C)(C)C)cc(C(C)(C)C)c2O)c1O. The molecule has 214 valence electrons. The van der Waals surface area contributed by atoms with Crippen molar-refractivity contribution >= 4 is 39.0 Å². The van der Waals surface area contributed by atoms with Crippen molar-refractivity contribution in [2.45, 2.75) is 123 Å². The molecule has 39 heavy (non-hydrogen) atoms. The summed E-state index contributed by atoms with van der Waals surface area (Å²) in [4.78, 5) is 9.98. The Hall–Kier alpha value is -2.19. The van der Waals surface area contributed by atoms with E-state index >= 15 is 0 Å². The lowest BCUT2D eigenvalue weighted by Crippen LogP contribution is -2.38. The summed E-state index contributed by atoms with van der Waals surface area (Å²) in [5.41, 5.74) is 3.28. The second kappa shape index (κ2) is 11.0. The number of rotatable bonds is 6. The number of nitrogens with zero attached hydrogens (tertiary/aromatic N) is 2. The summed E-state index contributed by atoms with van der Waals surface area (Å²) in [6, 6.07) is 8.82. The van der Waals surface area contributed by atoms with Crippen molar-refractivity contribution in [3.8, 4) is 11.5 Å². The van der Waals surface area contributed by atoms with Crippen LogP contribution in [0.1, 0.15) is 83.1 Å². The number of hydrogen-bond acceptors (Lipinski definition) is 4. The Balaban J connectivity index is 1.96. The van der Waals surface area contributed by atoms with Gasteiger partial charge in [-0.25, -0.2) is 0 Å². The van der Waals surface area contributed by atoms with Crippen molar-refractivity contribution in [2.75, 3.05) is 0 Å². The van der Waals surface area contributed by atoms with Gasteiger partial charge in [0, 0.05) is 23.6 Å². The Labute approximate surface area is 239 Å². The first kappa shape index (κ1) is 31.3. The molecule has 2 aromatic rings. The van der Waals surface area contributed by atoms with E-state index in [1.807, 2.05) is 12.4 Å². The lowest BCUT2D eigenvalue weighted by Gasteiger charge is -2.26. The molecule has 6 heteroatoms. The van der Waals surface area contributed by atoms with Crippen molar-refractivity contribution in [1.29, 1.82) is 0 Å². The van der Waals surface area contributed by atoms with E-state index in [1.54, 1.807) is 0 Å². The maximum atomic E-state index is 11.2. The molecule has 0 saturated heterocycles. The van der Waals surface area contributed by atoms with Gasteiger partial charge in [0.2, 0.25) is 0 Å². The molecule has 4 nitrogen and oxygen atoms in total. The van der Waals surface area contributed by atoms with Gasteiger partial charge in [0.05, 0.1) is 28.2 Å². The third kappa shape index (κ3) is 7.52. The molecule has 1 aliphatic rings. The van der Waals surface area contributed by atoms with Crippen LogP contribution in [0.4, 0.5) is 0 Å². The molecule has 0 heterocycles. The van der Waals surface area contributed by atoms with Gasteiger partial charge < -0.3 is 10.2 Å². The summed E-state index contributed by atoms with van der Waals surface area (Å²) in [5.74, 6) is 0.684. The van der Waals surface area contributed by atoms with Crippen LogP contribution in [0.3, 0.4) is 0 Å². The molecule has 2 N–H and O–H groups in total. The van der Waals surface area contributed by atoms with Gasteiger partial charge in [0.15, 0.2) is 0 Å². The highest BCUT2D eigenvalue weighted by Crippen LogP contribution is 2.35. The number of benzene rings is 2. The van der Waals surface area contributed by atoms with E-state index in [1.165, 1.54) is 10.4 Å². The zero-order chi connectivity index (χ0) is 29.6. The van der Waals surface area contributed by atoms with Gasteiger partial charge in [-0.15, -0.1) is 0 Å². The number of aromatic hydroxyl groups is 2. The lowest BCUT2D eigenvalue weighted by atomic mass is 9.85. The van der Waals surface area contributed by atoms with Crippen molar-refractivity contribution in [3.05, 3.63) is 46.5 Å². The average molecular weight is 565 g/mol. The molecule has 1 aliphatic carbocycles. The third-order valence-electron chi connectivity index (χ3n) is 7.88. The van der Waals surface area contributed by atoms with Crippen LogP contribution in [0.5, 0.6) is 11.5 Å². The largest absolute Gasteiger partial charge is 0.507 e. The van der Waals surface area contributed by atoms with Crippen molar-refractivity contribution in [1.82, 2.24) is 0 Å². The molecule has 0 amide bonds. The Morgan fingerprint density at radius 2 is 0.974 bits per heavy atom. The van der Waals surface area contributed by atoms with E-state index < -0.39 is 16.1 Å². The topological polar surface area (TPSA) is 65.2 Å². The summed E-state index contributed by atoms with van der Waals surface area (Å²) in [5, 5.41) is 25.0. The minimum absolute atomic E-state index is 0.0682. The van der Waals surface area contributed by atoms with Crippen LogP contribution in [-0.4, -0.2) is 50.9 Å². The lowest BCUT2D eigenvalue weighted by molar-refractivity contribution is 0.445. The van der Waals surface area contributed by atoms with E-state index in [9.17, 15) is 10.2 Å². The van der Waals surface area contributed by atoms with E-state index in [0.29, 0.717) is 11.5 Å². The van der Waals surface area contributed by atoms with Crippen LogP contribution >= 0.6 is 0 Å². The number of phenolic OH excluding ortho intramolecular Hbond substituents is 2. The molecule has 2 atom stereocenters. The van der Waals surface area contributed by atoms with Crippen molar-refractivity contribution in [2.24, 2.45) is 9.98 Å². The number of phenols is 2. The Morgan fingerprint density at radius 1 is 0.641 bits per heavy atom. The molecule has 1 saturated carbocycles. The zero-order valence-corrected chi connectivity index (χ0v) is 28.5. The third-order valence-corrected chi connectivity index (χ3v) is 11.9. The van der Waals surface area contributed by atoms with E-state index in [2.05, 4.69) is 105 Å². The van der Waals surface area contributed by atoms with Crippen LogP contribution in [0.15, 0.2) is 34.3 Å². The quantitative estimate of drug-likeness (QED) is 0.287. The molecule has 0 radical (unpaired) electrons. The van der Waals surface area contributed by atoms with Crippen LogP contribution in [0, 0.1) is 0 Å². The fourth-order valence-corrected chi connectivity index (χ4v) is 7.47. The van der Waals surface area contributed by atoms with Gasteiger partial charge in [0.25, 0.3) is 0 Å². The Morgan fingerprint density at radius 3 is 1.26 bits per heavy atom. The molecule has 0 aliphatic heterocycles. The summed E-state index contributed by atoms with van der Waals surface area (Å²) in [6.07, 6.45) is 6.80. The minimum atomic E-state index is -1.58. The fraction of sp³-hybridized carbons (Fsp3) is 0.576. The highest BCUT2D eigenvalue weighted by Gasteiger charge is 2.29. The Kier molecular flexibility index (Phi) is 8.84. The zero-order valence-electron chi connectivity index (χ0n) is 26.5. The van der Waals surface area contributed by atoms with Crippen LogP contribution in [0.25, 0.3) is 0 Å². The van der Waals surface area contributed by atoms with E-state index in [0.717, 1.165) is 41.5 Å². The van der Waals surface area contributed by atoms with Gasteiger partial charge >= 0.3 is 0 Å². The van der Waals surface area contributed by atoms with Gasteiger partial charge in [-0.3, -0.25) is 9.98 Å². The minimum Gasteiger partial charge on any atom is -0.507 e. The van der Waals surface area contributed by atoms with Gasteiger partial charge in [-0.2, -0.15) is 0 Å². The Bertz CT molecular complexity index is 1160. The molecule has 2 aromatic carbocycles. The predicted molar refractivity (Wildman–Crippen MR) is 176 cm³/mol. The molecule has 0 aromatic heterocycles. The van der Waals surface area contributed by atoms with Crippen molar-refractivity contribution in [3.63, 3.8) is 0 Å². The van der Waals surface area contributed by atoms with Gasteiger partial charge in [0.1, 0.15) is 11.5 Å². The summed E-state index contributed by atoms with van der Waals surface area (Å²) in [6.45, 7) is 26.9. The molecule has 2 unspecified atom stereocenters. The van der Waals surface area contributed by atoms with Crippen LogP contribution in [0.2, 0.25) is 39.3 Å². The number of hydrogen-bond donors (Lipinski definition) is 2. The normalized spacial score (nSPS) is 19.5. The molecule has 0 bridgehead atoms. The van der Waals surface area contributed by atoms with Gasteiger partial charge in [-0.1, -0.05) is 115 Å². The molecular formula is C33H52N2O2Si2. The molecule has 0 spiro atoms. The second-order valence-corrected chi connectivity index (χ2v) is 25.7. The summed E-state index contributed by atoms with van der Waals surface area (Å²) >= 11 is 0. The second-order valence-electron chi connectivity index (χ2n) is 15.5. The van der Waals surface area contributed by atoms with E-state index in [-0.39, 0.29) is 22.9 Å². The van der Waals surface area contributed by atoms with Crippen molar-refractivity contribution < 1.29 is 10.2 Å². The van der Waals surface area contributed by atoms with Gasteiger partial charge in [-0.05, 0) is 41.2 Å². The summed E-state index contributed by atoms with van der Waals surface area (Å²) in [7, 11) is -3.16. The fourth-order valence-electron chi connectivity index (χ4n) is 5.14. The molecule has 1 fully saturated rings. The molecule has 3 rings (SSSR count). The monoisotopic (exact) mass is 564 g/mol. The summed E-state index contributed by atoms with van der Waals surface area (Å²) < 4.78 is 0. The van der Waals surface area contributed by atoms with Crippen LogP contribution in [-0.2, 0) is 10.8 Å². The maximum absolute atomic E-state index is 11.2. The standard InChI is InChI=1S/C33H52N2O2Si2/c1-32(2,3)26-18-24(38(7,8)9)16-22(30(26)36)20-34-28-14-13-15-29(28)35-21-23-17-25(39(10,11)12)19-27(31(23)37)33(4,5)6/h16-21,28-29,36-37H,13-15H2,1-12H3. The highest BCUT2D eigenvalue weighted by molar-refractivity contribution is 6.89. The maximum Gasteiger partial charge on any atom is 0.128 e. The highest BCUT2D eigenvalue weighted by atomic mass is 28.3. The first-order chi connectivity index (χ1) is 17.7. The smallest absolute Gasteiger partial charge is 0.128 e.